The maximum Gasteiger partial charge on any atom is 0.258 e. The quantitative estimate of drug-likeness (QED) is 0.559. The van der Waals surface area contributed by atoms with Crippen LogP contribution in [0.2, 0.25) is 10.0 Å². The van der Waals surface area contributed by atoms with Crippen LogP contribution >= 0.6 is 23.2 Å². The first kappa shape index (κ1) is 19.8. The molecule has 1 aliphatic heterocycles. The standard InChI is InChI=1S/C18H16Cl2F2N6O/c19-9-2-1-3-10(20)15(9)18(29)26-12-6-23-27-16(12)17-24-11-4-5-28(8-14(21)22)7-13(11)25-17/h1-3,6,14H,4-5,7-8H2,(H,23,27)(H,24,25)(H,26,29). The fourth-order valence-electron chi connectivity index (χ4n) is 3.28. The maximum absolute atomic E-state index is 12.7. The van der Waals surface area contributed by atoms with Gasteiger partial charge in [-0.2, -0.15) is 5.10 Å². The number of rotatable bonds is 5. The third-order valence-corrected chi connectivity index (χ3v) is 5.25. The number of aromatic nitrogens is 4. The van der Waals surface area contributed by atoms with Gasteiger partial charge in [-0.05, 0) is 12.1 Å². The average Bonchev–Trinajstić information content (AvgIpc) is 3.27. The molecule has 0 spiro atoms. The highest BCUT2D eigenvalue weighted by Crippen LogP contribution is 2.29. The van der Waals surface area contributed by atoms with Crippen LogP contribution in [-0.2, 0) is 13.0 Å². The monoisotopic (exact) mass is 440 g/mol. The fourth-order valence-corrected chi connectivity index (χ4v) is 3.85. The van der Waals surface area contributed by atoms with Gasteiger partial charge in [-0.3, -0.25) is 14.8 Å². The summed E-state index contributed by atoms with van der Waals surface area (Å²) >= 11 is 12.2. The number of amides is 1. The van der Waals surface area contributed by atoms with Crippen LogP contribution in [0.4, 0.5) is 14.5 Å². The molecule has 3 N–H and O–H groups in total. The van der Waals surface area contributed by atoms with Crippen LogP contribution in [0.15, 0.2) is 24.4 Å². The van der Waals surface area contributed by atoms with Crippen molar-refractivity contribution in [3.63, 3.8) is 0 Å². The molecule has 0 radical (unpaired) electrons. The number of nitrogens with one attached hydrogen (secondary N) is 3. The highest BCUT2D eigenvalue weighted by atomic mass is 35.5. The van der Waals surface area contributed by atoms with Crippen molar-refractivity contribution >= 4 is 34.8 Å². The van der Waals surface area contributed by atoms with Gasteiger partial charge in [-0.25, -0.2) is 13.8 Å². The Bertz CT molecular complexity index is 1030. The van der Waals surface area contributed by atoms with E-state index in [0.29, 0.717) is 36.7 Å². The third-order valence-electron chi connectivity index (χ3n) is 4.62. The van der Waals surface area contributed by atoms with Gasteiger partial charge in [0.2, 0.25) is 0 Å². The van der Waals surface area contributed by atoms with E-state index in [1.807, 2.05) is 0 Å². The molecule has 0 atom stereocenters. The third kappa shape index (κ3) is 4.12. The van der Waals surface area contributed by atoms with Gasteiger partial charge in [0.15, 0.2) is 5.82 Å². The maximum atomic E-state index is 12.7. The molecule has 0 fully saturated rings. The lowest BCUT2D eigenvalue weighted by molar-refractivity contribution is 0.0812. The Morgan fingerprint density at radius 3 is 2.79 bits per heavy atom. The van der Waals surface area contributed by atoms with Gasteiger partial charge >= 0.3 is 0 Å². The number of imidazole rings is 1. The zero-order chi connectivity index (χ0) is 20.5. The van der Waals surface area contributed by atoms with Crippen molar-refractivity contribution in [3.8, 4) is 11.5 Å². The number of hydrogen-bond acceptors (Lipinski definition) is 4. The number of aromatic amines is 2. The lowest BCUT2D eigenvalue weighted by Gasteiger charge is -2.25. The zero-order valence-corrected chi connectivity index (χ0v) is 16.5. The van der Waals surface area contributed by atoms with Gasteiger partial charge in [0.05, 0.1) is 45.4 Å². The van der Waals surface area contributed by atoms with Gasteiger partial charge < -0.3 is 10.3 Å². The van der Waals surface area contributed by atoms with Crippen LogP contribution < -0.4 is 5.32 Å². The van der Waals surface area contributed by atoms with Crippen LogP contribution in [0, 0.1) is 0 Å². The van der Waals surface area contributed by atoms with Crippen molar-refractivity contribution in [2.75, 3.05) is 18.4 Å². The SMILES string of the molecule is O=C(Nc1cn[nH]c1-c1nc2c([nH]1)CN(CC(F)F)CC2)c1c(Cl)cccc1Cl. The summed E-state index contributed by atoms with van der Waals surface area (Å²) in [6.45, 7) is 0.592. The lowest BCUT2D eigenvalue weighted by Crippen LogP contribution is -2.34. The molecule has 0 saturated carbocycles. The summed E-state index contributed by atoms with van der Waals surface area (Å²) in [6, 6.07) is 4.80. The summed E-state index contributed by atoms with van der Waals surface area (Å²) in [4.78, 5) is 22.0. The van der Waals surface area contributed by atoms with E-state index >= 15 is 0 Å². The smallest absolute Gasteiger partial charge is 0.258 e. The molecule has 1 amide bonds. The van der Waals surface area contributed by atoms with Crippen molar-refractivity contribution in [1.82, 2.24) is 25.1 Å². The Balaban J connectivity index is 1.56. The van der Waals surface area contributed by atoms with Crippen molar-refractivity contribution < 1.29 is 13.6 Å². The Morgan fingerprint density at radius 2 is 2.07 bits per heavy atom. The molecule has 1 aliphatic rings. The summed E-state index contributed by atoms with van der Waals surface area (Å²) in [5.74, 6) is -0.0189. The number of carbonyl (C=O) groups excluding carboxylic acids is 1. The number of halogens is 4. The van der Waals surface area contributed by atoms with E-state index in [1.165, 1.54) is 6.20 Å². The molecule has 3 aromatic rings. The first-order chi connectivity index (χ1) is 13.9. The van der Waals surface area contributed by atoms with E-state index in [9.17, 15) is 13.6 Å². The largest absolute Gasteiger partial charge is 0.339 e. The molecule has 29 heavy (non-hydrogen) atoms. The van der Waals surface area contributed by atoms with Gasteiger partial charge in [0.25, 0.3) is 12.3 Å². The zero-order valence-electron chi connectivity index (χ0n) is 15.0. The molecule has 7 nitrogen and oxygen atoms in total. The number of anilines is 1. The Labute approximate surface area is 174 Å². The summed E-state index contributed by atoms with van der Waals surface area (Å²) in [5.41, 5.74) is 2.60. The van der Waals surface area contributed by atoms with Crippen LogP contribution in [-0.4, -0.2) is 50.5 Å². The predicted molar refractivity (Wildman–Crippen MR) is 106 cm³/mol. The highest BCUT2D eigenvalue weighted by Gasteiger charge is 2.24. The minimum Gasteiger partial charge on any atom is -0.339 e. The minimum absolute atomic E-state index is 0.157. The first-order valence-electron chi connectivity index (χ1n) is 8.79. The molecule has 0 bridgehead atoms. The van der Waals surface area contributed by atoms with Gasteiger partial charge in [-0.1, -0.05) is 29.3 Å². The van der Waals surface area contributed by atoms with Crippen LogP contribution in [0.5, 0.6) is 0 Å². The Morgan fingerprint density at radius 1 is 1.31 bits per heavy atom. The number of hydrogen-bond donors (Lipinski definition) is 3. The molecule has 3 heterocycles. The molecular formula is C18H16Cl2F2N6O. The minimum atomic E-state index is -2.38. The van der Waals surface area contributed by atoms with Crippen molar-refractivity contribution in [3.05, 3.63) is 51.4 Å². The van der Waals surface area contributed by atoms with Gasteiger partial charge in [0, 0.05) is 19.5 Å². The van der Waals surface area contributed by atoms with Crippen molar-refractivity contribution in [2.45, 2.75) is 19.4 Å². The molecule has 11 heteroatoms. The van der Waals surface area contributed by atoms with Gasteiger partial charge in [-0.15, -0.1) is 0 Å². The molecule has 2 aromatic heterocycles. The second-order valence-electron chi connectivity index (χ2n) is 6.60. The molecule has 1 aromatic carbocycles. The van der Waals surface area contributed by atoms with Crippen LogP contribution in [0.1, 0.15) is 21.7 Å². The molecule has 0 saturated heterocycles. The van der Waals surface area contributed by atoms with Crippen LogP contribution in [0.25, 0.3) is 11.5 Å². The van der Waals surface area contributed by atoms with Crippen LogP contribution in [0.3, 0.4) is 0 Å². The second kappa shape index (κ2) is 8.10. The predicted octanol–water partition coefficient (Wildman–Crippen LogP) is 3.98. The van der Waals surface area contributed by atoms with E-state index in [1.54, 1.807) is 23.1 Å². The Hall–Kier alpha value is -2.49. The first-order valence-corrected chi connectivity index (χ1v) is 9.55. The Kier molecular flexibility index (Phi) is 5.53. The summed E-state index contributed by atoms with van der Waals surface area (Å²) < 4.78 is 25.3. The van der Waals surface area contributed by atoms with Gasteiger partial charge in [0.1, 0.15) is 5.69 Å². The topological polar surface area (TPSA) is 89.7 Å². The molecular weight excluding hydrogens is 425 g/mol. The highest BCUT2D eigenvalue weighted by molar-refractivity contribution is 6.40. The van der Waals surface area contributed by atoms with E-state index < -0.39 is 12.3 Å². The van der Waals surface area contributed by atoms with E-state index in [4.69, 9.17) is 23.2 Å². The number of alkyl halides is 2. The molecule has 0 unspecified atom stereocenters. The number of benzene rings is 1. The van der Waals surface area contributed by atoms with Crippen molar-refractivity contribution in [2.24, 2.45) is 0 Å². The summed E-state index contributed by atoms with van der Waals surface area (Å²) in [7, 11) is 0. The van der Waals surface area contributed by atoms with E-state index in [0.717, 1.165) is 11.4 Å². The van der Waals surface area contributed by atoms with E-state index in [2.05, 4.69) is 25.5 Å². The summed E-state index contributed by atoms with van der Waals surface area (Å²) in [6.07, 6.45) is -0.378. The number of fused-ring (bicyclic) bond motifs is 1. The normalized spacial score (nSPS) is 14.2. The number of nitrogens with zero attached hydrogens (tertiary/aromatic N) is 3. The number of H-pyrrole nitrogens is 2. The number of carbonyl (C=O) groups is 1. The average molecular weight is 441 g/mol. The summed E-state index contributed by atoms with van der Waals surface area (Å²) in [5, 5.41) is 9.97. The second-order valence-corrected chi connectivity index (χ2v) is 7.41. The molecule has 4 rings (SSSR count). The molecule has 0 aliphatic carbocycles. The fraction of sp³-hybridized carbons (Fsp3) is 0.278. The van der Waals surface area contributed by atoms with E-state index in [-0.39, 0.29) is 22.2 Å². The lowest BCUT2D eigenvalue weighted by atomic mass is 10.1. The van der Waals surface area contributed by atoms with Crippen molar-refractivity contribution in [1.29, 1.82) is 0 Å². The molecule has 152 valence electrons.